The molecule has 0 aliphatic carbocycles. The molecule has 0 aliphatic rings. The maximum atomic E-state index is 12.5. The van der Waals surface area contributed by atoms with E-state index in [0.717, 1.165) is 28.5 Å². The fourth-order valence-electron chi connectivity index (χ4n) is 7.11. The number of carboxylic acids is 2. The van der Waals surface area contributed by atoms with Crippen molar-refractivity contribution in [3.8, 4) is 22.3 Å². The number of aromatic carboxylic acids is 1. The van der Waals surface area contributed by atoms with E-state index in [1.807, 2.05) is 79.7 Å². The summed E-state index contributed by atoms with van der Waals surface area (Å²) in [6.07, 6.45) is 4.34. The quantitative estimate of drug-likeness (QED) is 0.0462. The second-order valence-corrected chi connectivity index (χ2v) is 15.9. The summed E-state index contributed by atoms with van der Waals surface area (Å²) in [5.74, 6) is -2.71. The van der Waals surface area contributed by atoms with E-state index in [4.69, 9.17) is 25.1 Å². The minimum absolute atomic E-state index is 0.0333. The van der Waals surface area contributed by atoms with E-state index in [-0.39, 0.29) is 36.4 Å². The number of ether oxygens (including phenoxy) is 3. The molecular formula is C48H58N8O9. The lowest BCUT2D eigenvalue weighted by atomic mass is 9.82. The summed E-state index contributed by atoms with van der Waals surface area (Å²) in [4.78, 5) is 46.7. The maximum absolute atomic E-state index is 12.5. The third-order valence-electron chi connectivity index (χ3n) is 10.3. The number of nitrogens with one attached hydrogen (secondary N) is 3. The first-order valence-electron chi connectivity index (χ1n) is 20.9. The van der Waals surface area contributed by atoms with Gasteiger partial charge in [-0.3, -0.25) is 14.4 Å². The molecule has 0 spiro atoms. The summed E-state index contributed by atoms with van der Waals surface area (Å²) in [6, 6.07) is 36.1. The number of hydrogen-bond donors (Lipinski definition) is 6. The molecule has 0 unspecified atom stereocenters. The van der Waals surface area contributed by atoms with Crippen molar-refractivity contribution in [2.24, 2.45) is 16.6 Å². The Hall–Kier alpha value is -7.08. The number of nitrogens with two attached hydrogens (primary N) is 1. The Morgan fingerprint density at radius 2 is 1.12 bits per heavy atom. The lowest BCUT2D eigenvalue weighted by Crippen LogP contribution is -2.44. The number of hydrogen-bond acceptors (Lipinski definition) is 12. The van der Waals surface area contributed by atoms with Gasteiger partial charge in [0, 0.05) is 26.3 Å². The van der Waals surface area contributed by atoms with Crippen LogP contribution in [-0.2, 0) is 36.6 Å². The molecule has 0 fully saturated rings. The van der Waals surface area contributed by atoms with Crippen LogP contribution in [0.5, 0.6) is 0 Å². The standard InChI is InChI=1S/C23H26N4O4.C22H29NO3.C3H3N3O2/c1-23(15-31-2,22(29)30)13-19(25-21(28)20-14-24-27-26-20)12-16-8-10-18(11-9-16)17-6-4-3-5-7-17;1-4-26-21(24)22(2,16-25-3)15-20(23)14-17-10-12-19(13-11-17)18-8-6-5-7-9-18;7-3(8)2-1-4-6-5-2/h3-11,14,19H,12-13,15H2,1-2H3,(H,25,28)(H,29,30)(H,24,26,27);5-13,20H,4,14-16,23H2,1-3H3;1H,(H,7,8)(H,4,5,6)/t19-,23+;20-,22+;/m11./s1. The van der Waals surface area contributed by atoms with Crippen LogP contribution >= 0.6 is 0 Å². The van der Waals surface area contributed by atoms with Crippen LogP contribution in [0.25, 0.3) is 22.3 Å². The van der Waals surface area contributed by atoms with E-state index in [1.54, 1.807) is 21.0 Å². The molecule has 2 aromatic heterocycles. The molecule has 7 N–H and O–H groups in total. The normalized spacial score (nSPS) is 13.5. The molecule has 2 heterocycles. The minimum Gasteiger partial charge on any atom is -0.481 e. The van der Waals surface area contributed by atoms with Crippen LogP contribution in [0.1, 0.15) is 65.7 Å². The molecule has 0 saturated carbocycles. The average Bonchev–Trinajstić information content (AvgIpc) is 4.05. The first kappa shape index (κ1) is 50.6. The highest BCUT2D eigenvalue weighted by atomic mass is 16.5. The number of rotatable bonds is 20. The van der Waals surface area contributed by atoms with E-state index < -0.39 is 34.7 Å². The molecular weight excluding hydrogens is 833 g/mol. The van der Waals surface area contributed by atoms with Crippen molar-refractivity contribution in [2.75, 3.05) is 34.0 Å². The van der Waals surface area contributed by atoms with E-state index in [0.29, 0.717) is 32.5 Å². The van der Waals surface area contributed by atoms with E-state index >= 15 is 0 Å². The highest BCUT2D eigenvalue weighted by Gasteiger charge is 2.38. The number of methoxy groups -OCH3 is 2. The average molecular weight is 891 g/mol. The number of H-pyrrole nitrogens is 2. The molecule has 4 aromatic carbocycles. The van der Waals surface area contributed by atoms with Crippen molar-refractivity contribution in [3.63, 3.8) is 0 Å². The van der Waals surface area contributed by atoms with Crippen LogP contribution in [-0.4, -0.2) is 111 Å². The number of aromatic nitrogens is 6. The molecule has 1 amide bonds. The number of aromatic amines is 2. The lowest BCUT2D eigenvalue weighted by molar-refractivity contribution is -0.158. The fourth-order valence-corrected chi connectivity index (χ4v) is 7.11. The van der Waals surface area contributed by atoms with Crippen molar-refractivity contribution in [1.82, 2.24) is 36.1 Å². The highest BCUT2D eigenvalue weighted by Crippen LogP contribution is 2.29. The molecule has 0 aliphatic heterocycles. The molecule has 0 radical (unpaired) electrons. The van der Waals surface area contributed by atoms with Gasteiger partial charge in [-0.25, -0.2) is 4.79 Å². The molecule has 4 atom stereocenters. The SMILES string of the molecule is CCOC(=O)[C@](C)(COC)C[C@H](N)Cc1ccc(-c2ccccc2)cc1.COC[C@](C)(C[C@@H](Cc1ccc(-c2ccccc2)cc1)NC(=O)c1cn[nH]n1)C(=O)O.O=C(O)c1cn[nH]n1. The Morgan fingerprint density at radius 1 is 0.662 bits per heavy atom. The molecule has 344 valence electrons. The maximum Gasteiger partial charge on any atom is 0.358 e. The van der Waals surface area contributed by atoms with E-state index in [2.05, 4.69) is 72.5 Å². The van der Waals surface area contributed by atoms with Crippen molar-refractivity contribution >= 4 is 23.8 Å². The van der Waals surface area contributed by atoms with Gasteiger partial charge < -0.3 is 35.5 Å². The van der Waals surface area contributed by atoms with E-state index in [9.17, 15) is 24.3 Å². The van der Waals surface area contributed by atoms with Crippen LogP contribution in [0.15, 0.2) is 122 Å². The number of aliphatic carboxylic acids is 1. The number of esters is 1. The zero-order valence-electron chi connectivity index (χ0n) is 37.3. The predicted octanol–water partition coefficient (Wildman–Crippen LogP) is 6.27. The number of benzene rings is 4. The summed E-state index contributed by atoms with van der Waals surface area (Å²) in [6.45, 7) is 5.96. The largest absolute Gasteiger partial charge is 0.481 e. The molecule has 17 heteroatoms. The van der Waals surface area contributed by atoms with Gasteiger partial charge in [0.25, 0.3) is 5.91 Å². The Balaban J connectivity index is 0.000000245. The first-order chi connectivity index (χ1) is 31.2. The molecule has 6 rings (SSSR count). The molecule has 6 aromatic rings. The Labute approximate surface area is 378 Å². The van der Waals surface area contributed by atoms with Crippen LogP contribution in [0, 0.1) is 10.8 Å². The van der Waals surface area contributed by atoms with Gasteiger partial charge in [-0.05, 0) is 79.8 Å². The van der Waals surface area contributed by atoms with Gasteiger partial charge in [0.05, 0.1) is 43.0 Å². The first-order valence-corrected chi connectivity index (χ1v) is 20.9. The number of carbonyl (C=O) groups excluding carboxylic acids is 2. The molecule has 0 saturated heterocycles. The summed E-state index contributed by atoms with van der Waals surface area (Å²) in [5.41, 5.74) is 11.3. The van der Waals surface area contributed by atoms with Crippen LogP contribution in [0.4, 0.5) is 0 Å². The predicted molar refractivity (Wildman–Crippen MR) is 244 cm³/mol. The minimum atomic E-state index is -1.15. The smallest absolute Gasteiger partial charge is 0.358 e. The number of nitrogens with zero attached hydrogens (tertiary/aromatic N) is 4. The van der Waals surface area contributed by atoms with Gasteiger partial charge in [-0.1, -0.05) is 109 Å². The summed E-state index contributed by atoms with van der Waals surface area (Å²) >= 11 is 0. The highest BCUT2D eigenvalue weighted by molar-refractivity contribution is 5.92. The fraction of sp³-hybridized carbons (Fsp3) is 0.333. The second-order valence-electron chi connectivity index (χ2n) is 15.9. The number of carboxylic acid groups (broad SMARTS) is 2. The van der Waals surface area contributed by atoms with Crippen LogP contribution in [0.2, 0.25) is 0 Å². The van der Waals surface area contributed by atoms with Crippen LogP contribution < -0.4 is 11.1 Å². The van der Waals surface area contributed by atoms with Crippen molar-refractivity contribution in [2.45, 2.75) is 58.5 Å². The van der Waals surface area contributed by atoms with Gasteiger partial charge >= 0.3 is 17.9 Å². The Morgan fingerprint density at radius 3 is 1.54 bits per heavy atom. The molecule has 65 heavy (non-hydrogen) atoms. The van der Waals surface area contributed by atoms with Gasteiger partial charge in [-0.2, -0.15) is 25.7 Å². The monoisotopic (exact) mass is 890 g/mol. The lowest BCUT2D eigenvalue weighted by Gasteiger charge is -2.29. The topological polar surface area (TPSA) is 258 Å². The van der Waals surface area contributed by atoms with Gasteiger partial charge in [-0.15, -0.1) is 5.10 Å². The zero-order valence-corrected chi connectivity index (χ0v) is 37.3. The second kappa shape index (κ2) is 25.3. The summed E-state index contributed by atoms with van der Waals surface area (Å²) in [5, 5.41) is 39.4. The molecule has 0 bridgehead atoms. The Bertz CT molecular complexity index is 2330. The number of amides is 1. The Kier molecular flexibility index (Phi) is 19.7. The summed E-state index contributed by atoms with van der Waals surface area (Å²) < 4.78 is 15.6. The van der Waals surface area contributed by atoms with Gasteiger partial charge in [0.2, 0.25) is 0 Å². The van der Waals surface area contributed by atoms with Gasteiger partial charge in [0.1, 0.15) is 0 Å². The van der Waals surface area contributed by atoms with E-state index in [1.165, 1.54) is 24.4 Å². The van der Waals surface area contributed by atoms with Crippen molar-refractivity contribution in [3.05, 3.63) is 144 Å². The number of carbonyl (C=O) groups is 4. The summed E-state index contributed by atoms with van der Waals surface area (Å²) in [7, 11) is 3.05. The van der Waals surface area contributed by atoms with Crippen molar-refractivity contribution < 1.29 is 43.6 Å². The van der Waals surface area contributed by atoms with Gasteiger partial charge in [0.15, 0.2) is 11.4 Å². The van der Waals surface area contributed by atoms with Crippen molar-refractivity contribution in [1.29, 1.82) is 0 Å². The van der Waals surface area contributed by atoms with Crippen LogP contribution in [0.3, 0.4) is 0 Å². The third-order valence-corrected chi connectivity index (χ3v) is 10.3. The molecule has 17 nitrogen and oxygen atoms in total. The zero-order chi connectivity index (χ0) is 47.2. The third kappa shape index (κ3) is 15.9.